The molecular formula is C37H60N12O13. The average molecular weight is 881 g/mol. The number of carbonyl (C=O) groups excluding carboxylic acids is 8. The molecule has 25 nitrogen and oxygen atoms in total. The van der Waals surface area contributed by atoms with E-state index in [0.717, 1.165) is 6.92 Å². The maximum absolute atomic E-state index is 14.2. The molecule has 0 radical (unpaired) electrons. The first kappa shape index (κ1) is 50.2. The lowest BCUT2D eigenvalue weighted by Crippen LogP contribution is -2.61. The van der Waals surface area contributed by atoms with Gasteiger partial charge in [0.1, 0.15) is 48.8 Å². The molecule has 0 spiro atoms. The summed E-state index contributed by atoms with van der Waals surface area (Å²) >= 11 is 0. The number of aliphatic hydroxyl groups is 1. The van der Waals surface area contributed by atoms with Crippen LogP contribution in [0.15, 0.2) is 4.99 Å². The van der Waals surface area contributed by atoms with E-state index in [1.807, 2.05) is 0 Å². The summed E-state index contributed by atoms with van der Waals surface area (Å²) in [6, 6.07) is -10.1. The molecule has 0 aromatic heterocycles. The van der Waals surface area contributed by atoms with Gasteiger partial charge in [0.25, 0.3) is 0 Å². The van der Waals surface area contributed by atoms with Gasteiger partial charge in [0.2, 0.25) is 47.3 Å². The van der Waals surface area contributed by atoms with Crippen molar-refractivity contribution in [3.05, 3.63) is 0 Å². The molecule has 8 amide bonds. The van der Waals surface area contributed by atoms with Crippen molar-refractivity contribution < 1.29 is 63.3 Å². The van der Waals surface area contributed by atoms with Crippen LogP contribution in [-0.4, -0.2) is 182 Å². The van der Waals surface area contributed by atoms with Gasteiger partial charge in [0.15, 0.2) is 5.96 Å². The molecule has 62 heavy (non-hydrogen) atoms. The molecule has 14 N–H and O–H groups in total. The van der Waals surface area contributed by atoms with Gasteiger partial charge in [-0.1, -0.05) is 0 Å². The fourth-order valence-electron chi connectivity index (χ4n) is 7.60. The van der Waals surface area contributed by atoms with Crippen LogP contribution in [0.2, 0.25) is 0 Å². The summed E-state index contributed by atoms with van der Waals surface area (Å²) in [5, 5.41) is 41.1. The van der Waals surface area contributed by atoms with Crippen molar-refractivity contribution >= 4 is 65.2 Å². The molecule has 3 fully saturated rings. The summed E-state index contributed by atoms with van der Waals surface area (Å²) in [4.78, 5) is 137. The number of carbonyl (C=O) groups is 10. The molecule has 0 aromatic rings. The highest BCUT2D eigenvalue weighted by Gasteiger charge is 2.42. The molecule has 3 saturated heterocycles. The number of aliphatic hydroxyl groups excluding tert-OH is 1. The van der Waals surface area contributed by atoms with Crippen molar-refractivity contribution in [2.24, 2.45) is 22.2 Å². The second kappa shape index (κ2) is 23.2. The molecule has 0 unspecified atom stereocenters. The first-order chi connectivity index (χ1) is 29.1. The minimum atomic E-state index is -1.79. The number of aliphatic imine (C=N–C) groups is 1. The number of hydrogen-bond donors (Lipinski definition) is 11. The number of aliphatic carboxylic acids is 2. The van der Waals surface area contributed by atoms with E-state index in [0.29, 0.717) is 19.3 Å². The van der Waals surface area contributed by atoms with Crippen molar-refractivity contribution in [3.63, 3.8) is 0 Å². The minimum absolute atomic E-state index is 0.0265. The maximum atomic E-state index is 14.2. The van der Waals surface area contributed by atoms with Gasteiger partial charge in [-0.15, -0.1) is 0 Å². The van der Waals surface area contributed by atoms with Gasteiger partial charge < -0.3 is 73.8 Å². The topological polar surface area (TPSA) is 392 Å². The number of rotatable bonds is 21. The van der Waals surface area contributed by atoms with Gasteiger partial charge in [-0.2, -0.15) is 0 Å². The van der Waals surface area contributed by atoms with E-state index in [-0.39, 0.29) is 64.2 Å². The molecule has 3 aliphatic heterocycles. The summed E-state index contributed by atoms with van der Waals surface area (Å²) in [5.41, 5.74) is 16.6. The Labute approximate surface area is 357 Å². The standard InChI is InChI=1S/C37H60N12O13/c1-18(38)34(60)47-13-6-11-25(47)32(58)45-22(16-26(51)52)29(55)46-28(20(3)50)33(59)44-21(8-4-12-41-37(39)40)36(62)49-15-7-10-24(49)31(57)43-19(2)35(61)48-14-5-9-23(48)30(56)42-17-27(53)54/h18-25,28,50H,4-17,38H2,1-3H3,(H,42,56)(H,43,57)(H,44,59)(H,45,58)(H,46,55)(H,51,52)(H,53,54)(H4,39,40,41)/t18-,19-,20+,21-,22-,23-,24-,25-,28-/m0/s1. The molecule has 3 rings (SSSR count). The monoisotopic (exact) mass is 880 g/mol. The summed E-state index contributed by atoms with van der Waals surface area (Å²) in [5.74, 6) is -9.25. The predicted molar refractivity (Wildman–Crippen MR) is 216 cm³/mol. The maximum Gasteiger partial charge on any atom is 0.322 e. The second-order valence-electron chi connectivity index (χ2n) is 15.6. The number of amides is 8. The van der Waals surface area contributed by atoms with Crippen molar-refractivity contribution in [1.82, 2.24) is 41.3 Å². The largest absolute Gasteiger partial charge is 0.481 e. The highest BCUT2D eigenvalue weighted by atomic mass is 16.4. The molecular weight excluding hydrogens is 820 g/mol. The van der Waals surface area contributed by atoms with Crippen molar-refractivity contribution in [1.29, 1.82) is 0 Å². The summed E-state index contributed by atoms with van der Waals surface area (Å²) in [6.07, 6.45) is -0.576. The molecule has 0 bridgehead atoms. The van der Waals surface area contributed by atoms with Crippen LogP contribution >= 0.6 is 0 Å². The summed E-state index contributed by atoms with van der Waals surface area (Å²) < 4.78 is 0. The second-order valence-corrected chi connectivity index (χ2v) is 15.6. The molecule has 0 saturated carbocycles. The van der Waals surface area contributed by atoms with E-state index >= 15 is 0 Å². The van der Waals surface area contributed by atoms with E-state index in [1.165, 1.54) is 28.5 Å². The van der Waals surface area contributed by atoms with Crippen LogP contribution in [0.5, 0.6) is 0 Å². The van der Waals surface area contributed by atoms with Crippen molar-refractivity contribution in [3.8, 4) is 0 Å². The number of carboxylic acid groups (broad SMARTS) is 2. The number of carboxylic acids is 2. The average Bonchev–Trinajstić information content (AvgIpc) is 4.00. The minimum Gasteiger partial charge on any atom is -0.481 e. The van der Waals surface area contributed by atoms with Crippen LogP contribution in [-0.2, 0) is 47.9 Å². The smallest absolute Gasteiger partial charge is 0.322 e. The molecule has 9 atom stereocenters. The van der Waals surface area contributed by atoms with E-state index in [9.17, 15) is 58.2 Å². The Kier molecular flexibility index (Phi) is 18.8. The van der Waals surface area contributed by atoms with Gasteiger partial charge in [-0.05, 0) is 72.1 Å². The normalized spacial score (nSPS) is 21.3. The molecule has 0 aliphatic carbocycles. The third-order valence-corrected chi connectivity index (χ3v) is 10.7. The van der Waals surface area contributed by atoms with Crippen LogP contribution in [0, 0.1) is 0 Å². The Hall–Kier alpha value is -6.11. The van der Waals surface area contributed by atoms with Crippen LogP contribution in [0.25, 0.3) is 0 Å². The van der Waals surface area contributed by atoms with Crippen LogP contribution in [0.3, 0.4) is 0 Å². The first-order valence-electron chi connectivity index (χ1n) is 20.5. The lowest BCUT2D eigenvalue weighted by Gasteiger charge is -2.32. The fraction of sp³-hybridized carbons (Fsp3) is 0.703. The molecule has 346 valence electrons. The predicted octanol–water partition coefficient (Wildman–Crippen LogP) is -5.62. The summed E-state index contributed by atoms with van der Waals surface area (Å²) in [6.45, 7) is 3.86. The lowest BCUT2D eigenvalue weighted by atomic mass is 10.1. The van der Waals surface area contributed by atoms with Gasteiger partial charge in [0, 0.05) is 26.2 Å². The van der Waals surface area contributed by atoms with Gasteiger partial charge in [-0.25, -0.2) is 0 Å². The van der Waals surface area contributed by atoms with E-state index < -0.39 is 127 Å². The number of nitrogens with two attached hydrogens (primary N) is 3. The van der Waals surface area contributed by atoms with Gasteiger partial charge >= 0.3 is 11.9 Å². The Bertz CT molecular complexity index is 1740. The molecule has 0 aromatic carbocycles. The molecule has 25 heteroatoms. The molecule has 3 heterocycles. The number of hydrogen-bond acceptors (Lipinski definition) is 13. The molecule has 3 aliphatic rings. The van der Waals surface area contributed by atoms with E-state index in [1.54, 1.807) is 0 Å². The highest BCUT2D eigenvalue weighted by Crippen LogP contribution is 2.22. The van der Waals surface area contributed by atoms with Gasteiger partial charge in [-0.3, -0.25) is 52.9 Å². The number of guanidine groups is 1. The van der Waals surface area contributed by atoms with E-state index in [2.05, 4.69) is 31.6 Å². The van der Waals surface area contributed by atoms with Crippen LogP contribution in [0.1, 0.15) is 78.6 Å². The zero-order valence-corrected chi connectivity index (χ0v) is 35.0. The third kappa shape index (κ3) is 14.0. The van der Waals surface area contributed by atoms with Crippen molar-refractivity contribution in [2.45, 2.75) is 133 Å². The third-order valence-electron chi connectivity index (χ3n) is 10.7. The number of nitrogens with zero attached hydrogens (tertiary/aromatic N) is 4. The Balaban J connectivity index is 1.76. The Morgan fingerprint density at radius 3 is 1.68 bits per heavy atom. The SMILES string of the molecule is C[C@H](N)C(=O)N1CCC[C@H]1C(=O)N[C@@H](CC(=O)O)C(=O)N[C@H](C(=O)N[C@@H](CCCN=C(N)N)C(=O)N1CCC[C@H]1C(=O)N[C@@H](C)C(=O)N1CCC[C@H]1C(=O)NCC(=O)O)[C@@H](C)O. The lowest BCUT2D eigenvalue weighted by molar-refractivity contribution is -0.145. The number of nitrogens with one attached hydrogen (secondary N) is 5. The van der Waals surface area contributed by atoms with Crippen LogP contribution < -0.4 is 43.8 Å². The first-order valence-corrected chi connectivity index (χ1v) is 20.5. The van der Waals surface area contributed by atoms with Gasteiger partial charge in [0.05, 0.1) is 18.6 Å². The number of likely N-dealkylation sites (tertiary alicyclic amines) is 3. The zero-order chi connectivity index (χ0) is 46.4. The zero-order valence-electron chi connectivity index (χ0n) is 35.0. The fourth-order valence-corrected chi connectivity index (χ4v) is 7.60. The Morgan fingerprint density at radius 1 is 0.661 bits per heavy atom. The van der Waals surface area contributed by atoms with Crippen LogP contribution in [0.4, 0.5) is 0 Å². The van der Waals surface area contributed by atoms with Crippen molar-refractivity contribution in [2.75, 3.05) is 32.7 Å². The summed E-state index contributed by atoms with van der Waals surface area (Å²) in [7, 11) is 0. The Morgan fingerprint density at radius 2 is 1.18 bits per heavy atom. The highest BCUT2D eigenvalue weighted by molar-refractivity contribution is 5.99. The van der Waals surface area contributed by atoms with E-state index in [4.69, 9.17) is 22.3 Å². The quantitative estimate of drug-likeness (QED) is 0.0291.